The summed E-state index contributed by atoms with van der Waals surface area (Å²) in [7, 11) is 1.62. The quantitative estimate of drug-likeness (QED) is 0.573. The highest BCUT2D eigenvalue weighted by molar-refractivity contribution is 5.99. The van der Waals surface area contributed by atoms with Crippen LogP contribution in [0, 0.1) is 0 Å². The number of nitrogens with two attached hydrogens (primary N) is 1. The minimum atomic E-state index is -0.0678. The van der Waals surface area contributed by atoms with Crippen LogP contribution in [-0.2, 0) is 4.74 Å². The van der Waals surface area contributed by atoms with E-state index in [1.54, 1.807) is 30.5 Å². The molecule has 0 saturated heterocycles. The number of nitrogen functional groups attached to an aromatic ring is 1. The molecule has 0 saturated carbocycles. The molecular formula is C13H22N4O2. The van der Waals surface area contributed by atoms with Gasteiger partial charge in [-0.2, -0.15) is 0 Å². The van der Waals surface area contributed by atoms with Crippen LogP contribution < -0.4 is 11.3 Å². The Morgan fingerprint density at radius 1 is 1.63 bits per heavy atom. The maximum absolute atomic E-state index is 12.6. The summed E-state index contributed by atoms with van der Waals surface area (Å²) in [5, 5.41) is 0. The molecule has 1 aromatic rings. The second kappa shape index (κ2) is 7.70. The summed E-state index contributed by atoms with van der Waals surface area (Å²) >= 11 is 0. The van der Waals surface area contributed by atoms with Gasteiger partial charge in [-0.1, -0.05) is 6.92 Å². The zero-order valence-electron chi connectivity index (χ0n) is 11.7. The lowest BCUT2D eigenvalue weighted by atomic mass is 10.1. The number of carbonyl (C=O) groups is 1. The summed E-state index contributed by atoms with van der Waals surface area (Å²) in [5.41, 5.74) is 3.55. The van der Waals surface area contributed by atoms with E-state index >= 15 is 0 Å². The second-order valence-corrected chi connectivity index (χ2v) is 4.31. The van der Waals surface area contributed by atoms with Gasteiger partial charge in [0.1, 0.15) is 0 Å². The van der Waals surface area contributed by atoms with Gasteiger partial charge in [0, 0.05) is 25.9 Å². The third-order valence-electron chi connectivity index (χ3n) is 3.13. The SMILES string of the molecule is CCC(C)N(CCOC)C(=O)c1ccncc1NN. The minimum absolute atomic E-state index is 0.0678. The first-order chi connectivity index (χ1) is 9.15. The van der Waals surface area contributed by atoms with Crippen molar-refractivity contribution in [1.82, 2.24) is 9.88 Å². The van der Waals surface area contributed by atoms with Crippen molar-refractivity contribution < 1.29 is 9.53 Å². The summed E-state index contributed by atoms with van der Waals surface area (Å²) in [4.78, 5) is 18.3. The predicted molar refractivity (Wildman–Crippen MR) is 74.7 cm³/mol. The van der Waals surface area contributed by atoms with Gasteiger partial charge in [0.2, 0.25) is 0 Å². The average molecular weight is 266 g/mol. The summed E-state index contributed by atoms with van der Waals surface area (Å²) in [5.74, 6) is 5.34. The molecule has 6 heteroatoms. The Kier molecular flexibility index (Phi) is 6.24. The van der Waals surface area contributed by atoms with E-state index in [-0.39, 0.29) is 11.9 Å². The molecule has 1 rings (SSSR count). The Morgan fingerprint density at radius 2 is 2.37 bits per heavy atom. The van der Waals surface area contributed by atoms with Gasteiger partial charge in [-0.3, -0.25) is 15.6 Å². The molecule has 1 atom stereocenters. The van der Waals surface area contributed by atoms with Gasteiger partial charge in [-0.05, 0) is 19.4 Å². The molecule has 1 heterocycles. The zero-order valence-corrected chi connectivity index (χ0v) is 11.7. The van der Waals surface area contributed by atoms with E-state index in [2.05, 4.69) is 10.4 Å². The first-order valence-corrected chi connectivity index (χ1v) is 6.36. The van der Waals surface area contributed by atoms with Crippen LogP contribution in [0.4, 0.5) is 5.69 Å². The van der Waals surface area contributed by atoms with Gasteiger partial charge < -0.3 is 15.1 Å². The van der Waals surface area contributed by atoms with Gasteiger partial charge in [0.15, 0.2) is 0 Å². The molecule has 1 unspecified atom stereocenters. The Bertz CT molecular complexity index is 411. The zero-order chi connectivity index (χ0) is 14.3. The summed E-state index contributed by atoms with van der Waals surface area (Å²) in [6.07, 6.45) is 4.00. The lowest BCUT2D eigenvalue weighted by molar-refractivity contribution is 0.0614. The monoisotopic (exact) mass is 266 g/mol. The number of pyridine rings is 1. The predicted octanol–water partition coefficient (Wildman–Crippen LogP) is 1.25. The number of aromatic nitrogens is 1. The van der Waals surface area contributed by atoms with Crippen LogP contribution in [-0.4, -0.2) is 42.1 Å². The number of rotatable bonds is 7. The van der Waals surface area contributed by atoms with E-state index in [1.807, 2.05) is 13.8 Å². The van der Waals surface area contributed by atoms with E-state index in [9.17, 15) is 4.79 Å². The molecule has 19 heavy (non-hydrogen) atoms. The van der Waals surface area contributed by atoms with Crippen molar-refractivity contribution in [2.24, 2.45) is 5.84 Å². The number of ether oxygens (including phenoxy) is 1. The molecular weight excluding hydrogens is 244 g/mol. The van der Waals surface area contributed by atoms with Crippen molar-refractivity contribution >= 4 is 11.6 Å². The number of nitrogens with one attached hydrogen (secondary N) is 1. The normalized spacial score (nSPS) is 12.0. The summed E-state index contributed by atoms with van der Waals surface area (Å²) < 4.78 is 5.06. The van der Waals surface area contributed by atoms with Crippen LogP contribution in [0.15, 0.2) is 18.5 Å². The molecule has 0 aliphatic heterocycles. The maximum Gasteiger partial charge on any atom is 0.256 e. The first kappa shape index (κ1) is 15.4. The molecule has 0 radical (unpaired) electrons. The molecule has 1 amide bonds. The fraction of sp³-hybridized carbons (Fsp3) is 0.538. The number of nitrogens with zero attached hydrogens (tertiary/aromatic N) is 2. The molecule has 6 nitrogen and oxygen atoms in total. The Morgan fingerprint density at radius 3 is 2.95 bits per heavy atom. The van der Waals surface area contributed by atoms with Gasteiger partial charge in [-0.15, -0.1) is 0 Å². The molecule has 3 N–H and O–H groups in total. The lowest BCUT2D eigenvalue weighted by Crippen LogP contribution is -2.40. The van der Waals surface area contributed by atoms with E-state index in [0.717, 1.165) is 6.42 Å². The van der Waals surface area contributed by atoms with E-state index in [1.165, 1.54) is 0 Å². The van der Waals surface area contributed by atoms with Crippen molar-refractivity contribution in [2.75, 3.05) is 25.7 Å². The third-order valence-corrected chi connectivity index (χ3v) is 3.13. The number of hydrogen-bond donors (Lipinski definition) is 2. The summed E-state index contributed by atoms with van der Waals surface area (Å²) in [6.45, 7) is 5.12. The van der Waals surface area contributed by atoms with Gasteiger partial charge >= 0.3 is 0 Å². The highest BCUT2D eigenvalue weighted by Gasteiger charge is 2.22. The average Bonchev–Trinajstić information content (AvgIpc) is 2.46. The fourth-order valence-corrected chi connectivity index (χ4v) is 1.78. The fourth-order valence-electron chi connectivity index (χ4n) is 1.78. The number of methoxy groups -OCH3 is 1. The molecule has 0 aliphatic rings. The van der Waals surface area contributed by atoms with Crippen LogP contribution in [0.5, 0.6) is 0 Å². The van der Waals surface area contributed by atoms with Crippen molar-refractivity contribution in [3.8, 4) is 0 Å². The molecule has 0 bridgehead atoms. The van der Waals surface area contributed by atoms with Crippen molar-refractivity contribution in [1.29, 1.82) is 0 Å². The number of carbonyl (C=O) groups excluding carboxylic acids is 1. The highest BCUT2D eigenvalue weighted by Crippen LogP contribution is 2.17. The molecule has 0 aliphatic carbocycles. The molecule has 0 spiro atoms. The second-order valence-electron chi connectivity index (χ2n) is 4.31. The van der Waals surface area contributed by atoms with Crippen LogP contribution in [0.1, 0.15) is 30.6 Å². The third kappa shape index (κ3) is 3.90. The van der Waals surface area contributed by atoms with Gasteiger partial charge in [0.05, 0.1) is 24.1 Å². The first-order valence-electron chi connectivity index (χ1n) is 6.36. The van der Waals surface area contributed by atoms with E-state index in [4.69, 9.17) is 10.6 Å². The standard InChI is InChI=1S/C13H22N4O2/c1-4-10(2)17(7-8-19-3)13(18)11-5-6-15-9-12(11)16-14/h5-6,9-10,16H,4,7-8,14H2,1-3H3. The Balaban J connectivity index is 2.97. The minimum Gasteiger partial charge on any atom is -0.383 e. The van der Waals surface area contributed by atoms with Crippen LogP contribution in [0.3, 0.4) is 0 Å². The topological polar surface area (TPSA) is 80.5 Å². The molecule has 106 valence electrons. The van der Waals surface area contributed by atoms with Gasteiger partial charge in [-0.25, -0.2) is 0 Å². The van der Waals surface area contributed by atoms with Crippen molar-refractivity contribution in [3.63, 3.8) is 0 Å². The van der Waals surface area contributed by atoms with Crippen molar-refractivity contribution in [3.05, 3.63) is 24.0 Å². The van der Waals surface area contributed by atoms with Crippen molar-refractivity contribution in [2.45, 2.75) is 26.3 Å². The summed E-state index contributed by atoms with van der Waals surface area (Å²) in [6, 6.07) is 1.81. The number of hydrogen-bond acceptors (Lipinski definition) is 5. The van der Waals surface area contributed by atoms with E-state index < -0.39 is 0 Å². The number of hydrazine groups is 1. The van der Waals surface area contributed by atoms with Crippen LogP contribution >= 0.6 is 0 Å². The molecule has 1 aromatic heterocycles. The molecule has 0 aromatic carbocycles. The van der Waals surface area contributed by atoms with Crippen LogP contribution in [0.2, 0.25) is 0 Å². The van der Waals surface area contributed by atoms with E-state index in [0.29, 0.717) is 24.4 Å². The largest absolute Gasteiger partial charge is 0.383 e. The van der Waals surface area contributed by atoms with Gasteiger partial charge in [0.25, 0.3) is 5.91 Å². The lowest BCUT2D eigenvalue weighted by Gasteiger charge is -2.29. The smallest absolute Gasteiger partial charge is 0.256 e. The number of anilines is 1. The Hall–Kier alpha value is -1.66. The highest BCUT2D eigenvalue weighted by atomic mass is 16.5. The Labute approximate surface area is 113 Å². The maximum atomic E-state index is 12.6. The number of amides is 1. The van der Waals surface area contributed by atoms with Crippen LogP contribution in [0.25, 0.3) is 0 Å². The molecule has 0 fully saturated rings.